The van der Waals surface area contributed by atoms with Gasteiger partial charge in [0.15, 0.2) is 0 Å². The van der Waals surface area contributed by atoms with Crippen LogP contribution in [0.2, 0.25) is 0 Å². The molecule has 1 aromatic rings. The molecule has 2 heterocycles. The van der Waals surface area contributed by atoms with Crippen LogP contribution in [0.15, 0.2) is 6.07 Å². The van der Waals surface area contributed by atoms with Gasteiger partial charge < -0.3 is 0 Å². The predicted molar refractivity (Wildman–Crippen MR) is 68.9 cm³/mol. The van der Waals surface area contributed by atoms with Gasteiger partial charge in [0.1, 0.15) is 0 Å². The molecule has 94 valence electrons. The maximum atomic E-state index is 4.74. The Morgan fingerprint density at radius 3 is 2.71 bits per heavy atom. The standard InChI is InChI=1S/C14H23N3/c1-14(2,3)13-8-12-10-16(9-11-4-5-11)6-7-17(12)15-13/h8,11H,4-7,9-10H2,1-3H3. The second-order valence-corrected chi connectivity index (χ2v) is 6.67. The quantitative estimate of drug-likeness (QED) is 0.782. The predicted octanol–water partition coefficient (Wildman–Crippen LogP) is 2.41. The summed E-state index contributed by atoms with van der Waals surface area (Å²) in [7, 11) is 0. The minimum Gasteiger partial charge on any atom is -0.295 e. The highest BCUT2D eigenvalue weighted by Gasteiger charge is 2.28. The van der Waals surface area contributed by atoms with Gasteiger partial charge in [-0.2, -0.15) is 5.10 Å². The Hall–Kier alpha value is -0.830. The van der Waals surface area contributed by atoms with Crippen LogP contribution >= 0.6 is 0 Å². The summed E-state index contributed by atoms with van der Waals surface area (Å²) in [6.45, 7) is 11.4. The average molecular weight is 233 g/mol. The molecule has 1 aliphatic heterocycles. The zero-order valence-electron chi connectivity index (χ0n) is 11.2. The van der Waals surface area contributed by atoms with Crippen LogP contribution in [0.5, 0.6) is 0 Å². The monoisotopic (exact) mass is 233 g/mol. The Balaban J connectivity index is 1.75. The van der Waals surface area contributed by atoms with Crippen molar-refractivity contribution in [3.8, 4) is 0 Å². The molecule has 0 radical (unpaired) electrons. The number of hydrogen-bond acceptors (Lipinski definition) is 2. The van der Waals surface area contributed by atoms with Crippen molar-refractivity contribution in [3.63, 3.8) is 0 Å². The Morgan fingerprint density at radius 2 is 2.06 bits per heavy atom. The van der Waals surface area contributed by atoms with Gasteiger partial charge in [0, 0.05) is 25.0 Å². The summed E-state index contributed by atoms with van der Waals surface area (Å²) >= 11 is 0. The summed E-state index contributed by atoms with van der Waals surface area (Å²) in [5, 5.41) is 4.74. The Kier molecular flexibility index (Phi) is 2.54. The molecule has 0 amide bonds. The lowest BCUT2D eigenvalue weighted by molar-refractivity contribution is 0.205. The Labute approximate surface area is 104 Å². The molecule has 1 aromatic heterocycles. The van der Waals surface area contributed by atoms with Gasteiger partial charge in [0.2, 0.25) is 0 Å². The minimum absolute atomic E-state index is 0.172. The fraction of sp³-hybridized carbons (Fsp3) is 0.786. The van der Waals surface area contributed by atoms with Crippen molar-refractivity contribution in [1.82, 2.24) is 14.7 Å². The molecule has 0 bridgehead atoms. The van der Waals surface area contributed by atoms with Crippen molar-refractivity contribution >= 4 is 0 Å². The summed E-state index contributed by atoms with van der Waals surface area (Å²) < 4.78 is 2.21. The fourth-order valence-electron chi connectivity index (χ4n) is 2.51. The molecule has 0 N–H and O–H groups in total. The molecule has 3 rings (SSSR count). The molecule has 2 aliphatic rings. The first-order chi connectivity index (χ1) is 8.02. The Bertz CT molecular complexity index is 410. The zero-order chi connectivity index (χ0) is 12.0. The summed E-state index contributed by atoms with van der Waals surface area (Å²) in [6.07, 6.45) is 2.89. The molecule has 3 heteroatoms. The van der Waals surface area contributed by atoms with Crippen LogP contribution in [-0.2, 0) is 18.5 Å². The third kappa shape index (κ3) is 2.39. The number of aromatic nitrogens is 2. The second kappa shape index (κ2) is 3.84. The number of rotatable bonds is 2. The SMILES string of the molecule is CC(C)(C)c1cc2n(n1)CCN(CC1CC1)C2. The third-order valence-electron chi connectivity index (χ3n) is 3.86. The largest absolute Gasteiger partial charge is 0.295 e. The smallest absolute Gasteiger partial charge is 0.0681 e. The fourth-order valence-corrected chi connectivity index (χ4v) is 2.51. The first kappa shape index (κ1) is 11.3. The number of nitrogens with zero attached hydrogens (tertiary/aromatic N) is 3. The van der Waals surface area contributed by atoms with Gasteiger partial charge in [0.25, 0.3) is 0 Å². The van der Waals surface area contributed by atoms with Crippen molar-refractivity contribution < 1.29 is 0 Å². The Morgan fingerprint density at radius 1 is 1.29 bits per heavy atom. The van der Waals surface area contributed by atoms with Crippen molar-refractivity contribution in [2.24, 2.45) is 5.92 Å². The van der Waals surface area contributed by atoms with Crippen LogP contribution in [0.25, 0.3) is 0 Å². The molecular weight excluding hydrogens is 210 g/mol. The summed E-state index contributed by atoms with van der Waals surface area (Å²) in [5.41, 5.74) is 2.81. The molecule has 3 nitrogen and oxygen atoms in total. The van der Waals surface area contributed by atoms with E-state index in [9.17, 15) is 0 Å². The van der Waals surface area contributed by atoms with Gasteiger partial charge in [-0.3, -0.25) is 9.58 Å². The third-order valence-corrected chi connectivity index (χ3v) is 3.86. The van der Waals surface area contributed by atoms with Gasteiger partial charge in [0.05, 0.1) is 17.9 Å². The highest BCUT2D eigenvalue weighted by Crippen LogP contribution is 2.31. The van der Waals surface area contributed by atoms with Gasteiger partial charge in [-0.05, 0) is 24.8 Å². The molecule has 0 saturated heterocycles. The van der Waals surface area contributed by atoms with Crippen molar-refractivity contribution in [1.29, 1.82) is 0 Å². The van der Waals surface area contributed by atoms with E-state index in [1.807, 2.05) is 0 Å². The van der Waals surface area contributed by atoms with Gasteiger partial charge in [-0.15, -0.1) is 0 Å². The van der Waals surface area contributed by atoms with Crippen molar-refractivity contribution in [2.75, 3.05) is 13.1 Å². The lowest BCUT2D eigenvalue weighted by Crippen LogP contribution is -2.35. The van der Waals surface area contributed by atoms with E-state index in [1.54, 1.807) is 0 Å². The van der Waals surface area contributed by atoms with Gasteiger partial charge in [-0.25, -0.2) is 0 Å². The summed E-state index contributed by atoms with van der Waals surface area (Å²) in [6, 6.07) is 2.30. The molecule has 0 spiro atoms. The van der Waals surface area contributed by atoms with Crippen LogP contribution in [0.4, 0.5) is 0 Å². The molecule has 1 fully saturated rings. The maximum absolute atomic E-state index is 4.74. The molecule has 0 atom stereocenters. The van der Waals surface area contributed by atoms with Crippen molar-refractivity contribution in [2.45, 2.75) is 52.1 Å². The summed E-state index contributed by atoms with van der Waals surface area (Å²) in [5.74, 6) is 0.992. The molecular formula is C14H23N3. The van der Waals surface area contributed by atoms with E-state index in [2.05, 4.69) is 36.4 Å². The first-order valence-corrected chi connectivity index (χ1v) is 6.82. The highest BCUT2D eigenvalue weighted by atomic mass is 15.3. The molecule has 0 aromatic carbocycles. The van der Waals surface area contributed by atoms with E-state index in [1.165, 1.54) is 37.3 Å². The zero-order valence-corrected chi connectivity index (χ0v) is 11.2. The molecule has 1 aliphatic carbocycles. The van der Waals surface area contributed by atoms with Crippen LogP contribution in [0.1, 0.15) is 45.0 Å². The molecule has 1 saturated carbocycles. The normalized spacial score (nSPS) is 21.6. The van der Waals surface area contributed by atoms with E-state index in [0.717, 1.165) is 19.0 Å². The van der Waals surface area contributed by atoms with Gasteiger partial charge >= 0.3 is 0 Å². The van der Waals surface area contributed by atoms with E-state index < -0.39 is 0 Å². The number of hydrogen-bond donors (Lipinski definition) is 0. The summed E-state index contributed by atoms with van der Waals surface area (Å²) in [4.78, 5) is 2.60. The molecule has 17 heavy (non-hydrogen) atoms. The first-order valence-electron chi connectivity index (χ1n) is 6.82. The van der Waals surface area contributed by atoms with E-state index in [4.69, 9.17) is 5.10 Å². The second-order valence-electron chi connectivity index (χ2n) is 6.67. The maximum Gasteiger partial charge on any atom is 0.0681 e. The van der Waals surface area contributed by atoms with Crippen LogP contribution < -0.4 is 0 Å². The van der Waals surface area contributed by atoms with E-state index in [0.29, 0.717) is 0 Å². The lowest BCUT2D eigenvalue weighted by Gasteiger charge is -2.27. The van der Waals surface area contributed by atoms with Crippen LogP contribution in [0, 0.1) is 5.92 Å². The van der Waals surface area contributed by atoms with E-state index in [-0.39, 0.29) is 5.41 Å². The lowest BCUT2D eigenvalue weighted by atomic mass is 9.92. The van der Waals surface area contributed by atoms with Crippen LogP contribution in [-0.4, -0.2) is 27.8 Å². The number of fused-ring (bicyclic) bond motifs is 1. The van der Waals surface area contributed by atoms with Crippen molar-refractivity contribution in [3.05, 3.63) is 17.5 Å². The molecule has 0 unspecified atom stereocenters. The highest BCUT2D eigenvalue weighted by molar-refractivity contribution is 5.18. The van der Waals surface area contributed by atoms with Crippen LogP contribution in [0.3, 0.4) is 0 Å². The van der Waals surface area contributed by atoms with E-state index >= 15 is 0 Å². The average Bonchev–Trinajstić information content (AvgIpc) is 2.94. The minimum atomic E-state index is 0.172. The van der Waals surface area contributed by atoms with Gasteiger partial charge in [-0.1, -0.05) is 20.8 Å². The topological polar surface area (TPSA) is 21.1 Å².